The second-order valence-electron chi connectivity index (χ2n) is 7.97. The Hall–Kier alpha value is -1.16. The van der Waals surface area contributed by atoms with E-state index in [1.54, 1.807) is 35.5 Å². The smallest absolute Gasteiger partial charge is 0.296 e. The Balaban J connectivity index is 1.52. The fourth-order valence-corrected chi connectivity index (χ4v) is 6.36. The molecule has 1 aromatic heterocycles. The van der Waals surface area contributed by atoms with Gasteiger partial charge in [0, 0.05) is 28.9 Å². The molecule has 0 saturated heterocycles. The minimum atomic E-state index is -0.163. The molecule has 9 heteroatoms. The van der Waals surface area contributed by atoms with Crippen LogP contribution in [0.15, 0.2) is 29.8 Å². The van der Waals surface area contributed by atoms with Gasteiger partial charge in [0.15, 0.2) is 0 Å². The van der Waals surface area contributed by atoms with Crippen LogP contribution in [0.5, 0.6) is 0 Å². The van der Waals surface area contributed by atoms with Gasteiger partial charge in [-0.05, 0) is 56.5 Å². The normalized spacial score (nSPS) is 21.3. The van der Waals surface area contributed by atoms with Gasteiger partial charge in [-0.25, -0.2) is 4.79 Å². The van der Waals surface area contributed by atoms with E-state index in [0.717, 1.165) is 26.4 Å². The van der Waals surface area contributed by atoms with Gasteiger partial charge >= 0.3 is 5.69 Å². The van der Waals surface area contributed by atoms with Crippen molar-refractivity contribution in [1.82, 2.24) is 13.9 Å². The second-order valence-corrected chi connectivity index (χ2v) is 11.4. The monoisotopic (exact) mass is 448 g/mol. The van der Waals surface area contributed by atoms with Crippen LogP contribution >= 0.6 is 35.5 Å². The average Bonchev–Trinajstić information content (AvgIpc) is 3.62. The summed E-state index contributed by atoms with van der Waals surface area (Å²) in [6, 6.07) is 0.601. The molecule has 0 unspecified atom stereocenters. The SMILES string of the molecule is CC1=NCC=C(Cn2c(=O)c3c(n(CC4CC4)c2=O)CSC(SNC2CC2)=C3)S1. The number of aromatic nitrogens is 2. The van der Waals surface area contributed by atoms with Crippen molar-refractivity contribution in [2.45, 2.75) is 57.5 Å². The lowest BCUT2D eigenvalue weighted by molar-refractivity contribution is 0.530. The summed E-state index contributed by atoms with van der Waals surface area (Å²) in [5.74, 6) is 1.25. The second kappa shape index (κ2) is 8.17. The summed E-state index contributed by atoms with van der Waals surface area (Å²) >= 11 is 4.90. The Morgan fingerprint density at radius 3 is 2.79 bits per heavy atom. The van der Waals surface area contributed by atoms with E-state index in [0.29, 0.717) is 36.4 Å². The zero-order valence-electron chi connectivity index (χ0n) is 16.3. The molecule has 0 spiro atoms. The van der Waals surface area contributed by atoms with E-state index in [9.17, 15) is 9.59 Å². The largest absolute Gasteiger partial charge is 0.331 e. The number of aliphatic imine (C=N–C) groups is 1. The molecule has 0 radical (unpaired) electrons. The lowest BCUT2D eigenvalue weighted by atomic mass is 10.2. The van der Waals surface area contributed by atoms with Crippen LogP contribution in [0.2, 0.25) is 0 Å². The van der Waals surface area contributed by atoms with Crippen LogP contribution in [0.4, 0.5) is 0 Å². The Kier molecular flexibility index (Phi) is 5.57. The van der Waals surface area contributed by atoms with Gasteiger partial charge in [0.2, 0.25) is 0 Å². The molecule has 29 heavy (non-hydrogen) atoms. The van der Waals surface area contributed by atoms with E-state index < -0.39 is 0 Å². The van der Waals surface area contributed by atoms with Gasteiger partial charge < -0.3 is 0 Å². The molecule has 2 aliphatic heterocycles. The molecule has 2 aliphatic carbocycles. The maximum atomic E-state index is 13.3. The Morgan fingerprint density at radius 1 is 1.24 bits per heavy atom. The third-order valence-electron chi connectivity index (χ3n) is 5.45. The minimum absolute atomic E-state index is 0.163. The summed E-state index contributed by atoms with van der Waals surface area (Å²) in [4.78, 5) is 32.0. The molecule has 2 saturated carbocycles. The van der Waals surface area contributed by atoms with Crippen molar-refractivity contribution >= 4 is 46.6 Å². The predicted octanol–water partition coefficient (Wildman–Crippen LogP) is 3.41. The van der Waals surface area contributed by atoms with E-state index in [-0.39, 0.29) is 11.2 Å². The van der Waals surface area contributed by atoms with Gasteiger partial charge in [0.1, 0.15) is 0 Å². The van der Waals surface area contributed by atoms with Gasteiger partial charge in [-0.1, -0.05) is 17.8 Å². The number of allylic oxidation sites excluding steroid dienone is 1. The Morgan fingerprint density at radius 2 is 2.07 bits per heavy atom. The highest BCUT2D eigenvalue weighted by atomic mass is 32.2. The fourth-order valence-electron chi connectivity index (χ4n) is 3.44. The number of nitrogens with zero attached hydrogens (tertiary/aromatic N) is 3. The number of rotatable bonds is 7. The number of hydrogen-bond acceptors (Lipinski definition) is 7. The third-order valence-corrected chi connectivity index (χ3v) is 8.63. The molecule has 3 heterocycles. The molecular weight excluding hydrogens is 424 g/mol. The predicted molar refractivity (Wildman–Crippen MR) is 124 cm³/mol. The van der Waals surface area contributed by atoms with Crippen molar-refractivity contribution in [3.63, 3.8) is 0 Å². The maximum absolute atomic E-state index is 13.3. The molecule has 0 amide bonds. The number of hydrogen-bond donors (Lipinski definition) is 1. The number of nitrogens with one attached hydrogen (secondary N) is 1. The van der Waals surface area contributed by atoms with Crippen LogP contribution < -0.4 is 16.0 Å². The Labute approximate surface area is 182 Å². The van der Waals surface area contributed by atoms with Crippen molar-refractivity contribution in [1.29, 1.82) is 0 Å². The van der Waals surface area contributed by atoms with Crippen LogP contribution in [0.25, 0.3) is 6.08 Å². The van der Waals surface area contributed by atoms with E-state index in [1.807, 2.05) is 23.6 Å². The molecule has 0 bridgehead atoms. The van der Waals surface area contributed by atoms with Gasteiger partial charge in [-0.15, -0.1) is 11.8 Å². The zero-order chi connectivity index (χ0) is 20.0. The van der Waals surface area contributed by atoms with Crippen LogP contribution in [0, 0.1) is 5.92 Å². The average molecular weight is 449 g/mol. The molecule has 154 valence electrons. The van der Waals surface area contributed by atoms with Gasteiger partial charge in [0.25, 0.3) is 5.56 Å². The molecule has 2 fully saturated rings. The van der Waals surface area contributed by atoms with Crippen LogP contribution in [0.3, 0.4) is 0 Å². The Bertz CT molecular complexity index is 1050. The lowest BCUT2D eigenvalue weighted by Crippen LogP contribution is -2.44. The third kappa shape index (κ3) is 4.47. The van der Waals surface area contributed by atoms with E-state index >= 15 is 0 Å². The first kappa shape index (κ1) is 19.8. The van der Waals surface area contributed by atoms with Crippen molar-refractivity contribution in [2.75, 3.05) is 6.54 Å². The highest BCUT2D eigenvalue weighted by molar-refractivity contribution is 8.21. The van der Waals surface area contributed by atoms with Crippen LogP contribution in [-0.2, 0) is 18.8 Å². The first-order valence-corrected chi connectivity index (χ1v) is 12.7. The first-order chi connectivity index (χ1) is 14.1. The van der Waals surface area contributed by atoms with Crippen molar-refractivity contribution < 1.29 is 0 Å². The van der Waals surface area contributed by atoms with Crippen molar-refractivity contribution in [3.8, 4) is 0 Å². The van der Waals surface area contributed by atoms with Crippen molar-refractivity contribution in [2.24, 2.45) is 10.9 Å². The summed E-state index contributed by atoms with van der Waals surface area (Å²) < 4.78 is 7.87. The lowest BCUT2D eigenvalue weighted by Gasteiger charge is -2.22. The van der Waals surface area contributed by atoms with Gasteiger partial charge in [0.05, 0.1) is 27.9 Å². The molecule has 1 aromatic rings. The van der Waals surface area contributed by atoms with Crippen LogP contribution in [-0.4, -0.2) is 26.8 Å². The number of fused-ring (bicyclic) bond motifs is 1. The molecule has 1 N–H and O–H groups in total. The van der Waals surface area contributed by atoms with Gasteiger partial charge in [-0.3, -0.25) is 23.6 Å². The topological polar surface area (TPSA) is 68.4 Å². The van der Waals surface area contributed by atoms with Crippen molar-refractivity contribution in [3.05, 3.63) is 47.3 Å². The first-order valence-electron chi connectivity index (χ1n) is 10.1. The minimum Gasteiger partial charge on any atom is -0.296 e. The quantitative estimate of drug-likeness (QED) is 0.645. The number of thioether (sulfide) groups is 2. The molecule has 0 aromatic carbocycles. The fraction of sp³-hybridized carbons (Fsp3) is 0.550. The molecular formula is C20H24N4O2S3. The highest BCUT2D eigenvalue weighted by Crippen LogP contribution is 2.38. The molecule has 4 aliphatic rings. The maximum Gasteiger partial charge on any atom is 0.331 e. The van der Waals surface area contributed by atoms with E-state index in [1.165, 1.54) is 30.3 Å². The summed E-state index contributed by atoms with van der Waals surface area (Å²) in [7, 11) is 0. The zero-order valence-corrected chi connectivity index (χ0v) is 18.8. The highest BCUT2D eigenvalue weighted by Gasteiger charge is 2.29. The van der Waals surface area contributed by atoms with E-state index in [2.05, 4.69) is 9.71 Å². The van der Waals surface area contributed by atoms with Gasteiger partial charge in [-0.2, -0.15) is 0 Å². The molecule has 5 rings (SSSR count). The van der Waals surface area contributed by atoms with E-state index in [4.69, 9.17) is 0 Å². The van der Waals surface area contributed by atoms with Crippen LogP contribution in [0.1, 0.15) is 43.9 Å². The summed E-state index contributed by atoms with van der Waals surface area (Å²) in [5, 5.41) is 0.980. The molecule has 0 atom stereocenters. The molecule has 6 nitrogen and oxygen atoms in total. The standard InChI is InChI=1S/C20H24N4O2S3/c1-12-21-7-6-15(28-12)10-24-19(25)16-8-18(29-22-14-4-5-14)27-11-17(16)23(20(24)26)9-13-2-3-13/h6,8,13-14,22H,2-5,7,9-11H2,1H3. The summed E-state index contributed by atoms with van der Waals surface area (Å²) in [6.45, 7) is 3.64. The summed E-state index contributed by atoms with van der Waals surface area (Å²) in [6.07, 6.45) is 8.80. The summed E-state index contributed by atoms with van der Waals surface area (Å²) in [5.41, 5.74) is 1.26.